The predicted octanol–water partition coefficient (Wildman–Crippen LogP) is 5.22. The Hall–Kier alpha value is -2.34. The molecule has 0 spiro atoms. The van der Waals surface area contributed by atoms with Gasteiger partial charge in [-0.2, -0.15) is 0 Å². The molecule has 131 valence electrons. The molecule has 2 aromatic carbocycles. The first-order valence-corrected chi connectivity index (χ1v) is 11.3. The van der Waals surface area contributed by atoms with Crippen LogP contribution in [0.4, 0.5) is 19.3 Å². The van der Waals surface area contributed by atoms with Crippen molar-refractivity contribution in [3.05, 3.63) is 75.7 Å². The van der Waals surface area contributed by atoms with Gasteiger partial charge in [-0.05, 0) is 0 Å². The molecule has 26 heavy (non-hydrogen) atoms. The Balaban J connectivity index is 1.66. The number of allylic oxidation sites excluding steroid dienone is 2. The van der Waals surface area contributed by atoms with Crippen molar-refractivity contribution in [2.24, 2.45) is 0 Å². The molecule has 1 amide bonds. The zero-order chi connectivity index (χ0) is 18.3. The number of amides is 1. The van der Waals surface area contributed by atoms with Crippen molar-refractivity contribution in [1.82, 2.24) is 4.98 Å². The monoisotopic (exact) mass is 435 g/mol. The number of nitrogens with one attached hydrogen (secondary N) is 1. The van der Waals surface area contributed by atoms with Crippen LogP contribution in [0.25, 0.3) is 14.7 Å². The maximum absolute atomic E-state index is 13.8. The normalized spacial score (nSPS) is 14.0. The number of aryl methyl sites for hydroxylation is 1. The summed E-state index contributed by atoms with van der Waals surface area (Å²) in [5.74, 6) is -1.56. The molecule has 0 bridgehead atoms. The minimum absolute atomic E-state index is 0.355. The Kier molecular flexibility index (Phi) is 4.44. The number of nitrogens with zero attached hydrogens (tertiary/aromatic N) is 1. The molecule has 0 unspecified atom stereocenters. The summed E-state index contributed by atoms with van der Waals surface area (Å²) >= 11 is -0.516. The van der Waals surface area contributed by atoms with Crippen molar-refractivity contribution in [2.75, 3.05) is 5.32 Å². The maximum atomic E-state index is 13.8. The van der Waals surface area contributed by atoms with Crippen molar-refractivity contribution in [3.63, 3.8) is 0 Å². The Morgan fingerprint density at radius 2 is 2.00 bits per heavy atom. The molecular weight excluding hydrogens is 421 g/mol. The van der Waals surface area contributed by atoms with Crippen molar-refractivity contribution < 1.29 is 13.6 Å². The summed E-state index contributed by atoms with van der Waals surface area (Å²) < 4.78 is 29.7. The SMILES string of the molecule is Cc1cc2scnc2cc1C1=CC=C[Se]1C(=O)Nc1c(F)cccc1F. The Morgan fingerprint density at radius 3 is 2.77 bits per heavy atom. The number of carbonyl (C=O) groups is 1. The fourth-order valence-electron chi connectivity index (χ4n) is 2.77. The number of benzene rings is 2. The van der Waals surface area contributed by atoms with Crippen molar-refractivity contribution in [3.8, 4) is 0 Å². The van der Waals surface area contributed by atoms with Crippen LogP contribution >= 0.6 is 11.3 Å². The second kappa shape index (κ2) is 6.76. The van der Waals surface area contributed by atoms with E-state index >= 15 is 0 Å². The quantitative estimate of drug-likeness (QED) is 0.574. The fourth-order valence-corrected chi connectivity index (χ4v) is 6.88. The van der Waals surface area contributed by atoms with Gasteiger partial charge >= 0.3 is 157 Å². The van der Waals surface area contributed by atoms with Gasteiger partial charge < -0.3 is 0 Å². The third-order valence-electron chi connectivity index (χ3n) is 4.03. The molecule has 1 aliphatic heterocycles. The Bertz CT molecular complexity index is 1070. The first-order chi connectivity index (χ1) is 12.5. The first-order valence-electron chi connectivity index (χ1n) is 7.75. The number of fused-ring (bicyclic) bond motifs is 1. The van der Waals surface area contributed by atoms with Crippen LogP contribution in [0, 0.1) is 18.6 Å². The molecule has 3 nitrogen and oxygen atoms in total. The first kappa shape index (κ1) is 17.1. The molecule has 0 fully saturated rings. The molecule has 1 N–H and O–H groups in total. The van der Waals surface area contributed by atoms with E-state index in [4.69, 9.17) is 0 Å². The number of para-hydroxylation sites is 1. The van der Waals surface area contributed by atoms with Gasteiger partial charge in [-0.25, -0.2) is 0 Å². The summed E-state index contributed by atoms with van der Waals surface area (Å²) in [7, 11) is 0. The van der Waals surface area contributed by atoms with Crippen molar-refractivity contribution >= 4 is 50.4 Å². The van der Waals surface area contributed by atoms with Gasteiger partial charge in [-0.3, -0.25) is 0 Å². The topological polar surface area (TPSA) is 42.0 Å². The molecule has 3 aromatic rings. The molecule has 7 heteroatoms. The zero-order valence-corrected chi connectivity index (χ0v) is 16.2. The Morgan fingerprint density at radius 1 is 1.23 bits per heavy atom. The van der Waals surface area contributed by atoms with E-state index < -0.39 is 31.2 Å². The zero-order valence-electron chi connectivity index (χ0n) is 13.6. The number of rotatable bonds is 3. The third-order valence-corrected chi connectivity index (χ3v) is 8.52. The van der Waals surface area contributed by atoms with Crippen LogP contribution in [0.1, 0.15) is 11.1 Å². The second-order valence-corrected chi connectivity index (χ2v) is 10.3. The van der Waals surface area contributed by atoms with Crippen LogP contribution in [0.15, 0.2) is 53.0 Å². The molecule has 0 saturated heterocycles. The summed E-state index contributed by atoms with van der Waals surface area (Å²) in [5, 5.41) is 2.43. The van der Waals surface area contributed by atoms with Crippen LogP contribution in [-0.2, 0) is 0 Å². The van der Waals surface area contributed by atoms with E-state index in [-0.39, 0.29) is 4.81 Å². The van der Waals surface area contributed by atoms with E-state index in [0.717, 1.165) is 37.9 Å². The number of halogens is 2. The average molecular weight is 434 g/mol. The molecule has 0 atom stereocenters. The number of hydrogen-bond acceptors (Lipinski definition) is 3. The van der Waals surface area contributed by atoms with Gasteiger partial charge in [0.15, 0.2) is 0 Å². The minimum atomic E-state index is -2.08. The third kappa shape index (κ3) is 2.98. The van der Waals surface area contributed by atoms with Crippen molar-refractivity contribution in [1.29, 1.82) is 0 Å². The van der Waals surface area contributed by atoms with Crippen LogP contribution < -0.4 is 5.32 Å². The molecule has 0 aliphatic carbocycles. The van der Waals surface area contributed by atoms with E-state index in [2.05, 4.69) is 16.4 Å². The summed E-state index contributed by atoms with van der Waals surface area (Å²) in [6.45, 7) is 1.99. The summed E-state index contributed by atoms with van der Waals surface area (Å²) in [5.41, 5.74) is 4.29. The molecular formula is C19H13F2N2OSSe. The molecule has 1 radical (unpaired) electrons. The van der Waals surface area contributed by atoms with Gasteiger partial charge in [0.1, 0.15) is 0 Å². The number of anilines is 1. The Labute approximate surface area is 157 Å². The molecule has 4 rings (SSSR count). The summed E-state index contributed by atoms with van der Waals surface area (Å²) in [6.07, 6.45) is 3.74. The van der Waals surface area contributed by atoms with E-state index in [1.54, 1.807) is 16.8 Å². The van der Waals surface area contributed by atoms with Crippen LogP contribution in [0.5, 0.6) is 0 Å². The number of carbonyl (C=O) groups excluding carboxylic acids is 1. The summed E-state index contributed by atoms with van der Waals surface area (Å²) in [6, 6.07) is 7.55. The van der Waals surface area contributed by atoms with Crippen LogP contribution in [0.2, 0.25) is 0 Å². The standard InChI is InChI=1S/C19H13F2N2OSSe/c1-11-8-16-15(22-10-25-16)9-12(11)17-6-3-7-26(17)19(24)23-18-13(20)4-2-5-14(18)21/h2-10H,1H3,(H,23,24). The number of aromatic nitrogens is 1. The molecule has 1 aliphatic rings. The average Bonchev–Trinajstić information content (AvgIpc) is 3.25. The van der Waals surface area contributed by atoms with Gasteiger partial charge in [-0.1, -0.05) is 0 Å². The van der Waals surface area contributed by atoms with Gasteiger partial charge in [0, 0.05) is 0 Å². The van der Waals surface area contributed by atoms with Gasteiger partial charge in [0.2, 0.25) is 0 Å². The van der Waals surface area contributed by atoms with Crippen molar-refractivity contribution in [2.45, 2.75) is 6.92 Å². The molecule has 0 saturated carbocycles. The second-order valence-electron chi connectivity index (χ2n) is 5.69. The number of thiazole rings is 1. The van der Waals surface area contributed by atoms with E-state index in [1.165, 1.54) is 6.07 Å². The summed E-state index contributed by atoms with van der Waals surface area (Å²) in [4.78, 5) is 18.6. The van der Waals surface area contributed by atoms with Gasteiger partial charge in [-0.15, -0.1) is 0 Å². The van der Waals surface area contributed by atoms with Gasteiger partial charge in [0.25, 0.3) is 0 Å². The fraction of sp³-hybridized carbons (Fsp3) is 0.0526. The van der Waals surface area contributed by atoms with Crippen LogP contribution in [-0.4, -0.2) is 23.7 Å². The van der Waals surface area contributed by atoms with Crippen LogP contribution in [0.3, 0.4) is 0 Å². The molecule has 2 heterocycles. The predicted molar refractivity (Wildman–Crippen MR) is 103 cm³/mol. The van der Waals surface area contributed by atoms with E-state index in [1.807, 2.05) is 30.1 Å². The van der Waals surface area contributed by atoms with E-state index in [9.17, 15) is 13.6 Å². The van der Waals surface area contributed by atoms with E-state index in [0.29, 0.717) is 0 Å². The number of hydrogen-bond donors (Lipinski definition) is 1. The van der Waals surface area contributed by atoms with Gasteiger partial charge in [0.05, 0.1) is 0 Å². The molecule has 1 aromatic heterocycles.